The second kappa shape index (κ2) is 9.84. The molecule has 1 spiro atoms. The number of ether oxygens (including phenoxy) is 4. The number of hydrogen-bond acceptors (Lipinski definition) is 9. The fraction of sp³-hybridized carbons (Fsp3) is 0.727. The molecule has 0 unspecified atom stereocenters. The number of piperazine rings is 1. The molecule has 4 heterocycles. The van der Waals surface area contributed by atoms with E-state index in [1.165, 1.54) is 6.07 Å². The minimum atomic E-state index is -3.72. The molecule has 3 aliphatic rings. The molecular weight excluding hydrogens is 464 g/mol. The zero-order chi connectivity index (χ0) is 24.4. The number of aromatic nitrogens is 1. The highest BCUT2D eigenvalue weighted by Gasteiger charge is 2.41. The first-order chi connectivity index (χ1) is 16.1. The van der Waals surface area contributed by atoms with Crippen LogP contribution in [0.5, 0.6) is 11.8 Å². The average molecular weight is 499 g/mol. The summed E-state index contributed by atoms with van der Waals surface area (Å²) < 4.78 is 50.8. The number of carbonyl (C=O) groups is 1. The van der Waals surface area contributed by atoms with Crippen LogP contribution < -0.4 is 14.2 Å². The molecule has 34 heavy (non-hydrogen) atoms. The SMILES string of the molecule is CC(C)(C)OC(=O)N1CCN(CCOc2ccc3c(n2)OC2(CCOCC2)CNS3(=O)=O)CC1. The third-order valence-corrected chi connectivity index (χ3v) is 7.49. The van der Waals surface area contributed by atoms with Crippen molar-refractivity contribution in [2.45, 2.75) is 49.7 Å². The van der Waals surface area contributed by atoms with E-state index in [1.807, 2.05) is 20.8 Å². The molecule has 4 rings (SSSR count). The first-order valence-corrected chi connectivity index (χ1v) is 13.1. The van der Waals surface area contributed by atoms with Crippen molar-refractivity contribution in [2.75, 3.05) is 59.1 Å². The quantitative estimate of drug-likeness (QED) is 0.654. The summed E-state index contributed by atoms with van der Waals surface area (Å²) in [7, 11) is -3.72. The van der Waals surface area contributed by atoms with E-state index in [0.29, 0.717) is 58.2 Å². The van der Waals surface area contributed by atoms with Gasteiger partial charge in [0.1, 0.15) is 22.7 Å². The maximum Gasteiger partial charge on any atom is 0.410 e. The van der Waals surface area contributed by atoms with Crippen molar-refractivity contribution in [1.29, 1.82) is 0 Å². The number of carbonyl (C=O) groups excluding carboxylic acids is 1. The van der Waals surface area contributed by atoms with Gasteiger partial charge in [-0.3, -0.25) is 4.90 Å². The van der Waals surface area contributed by atoms with Crippen molar-refractivity contribution in [3.63, 3.8) is 0 Å². The molecule has 0 atom stereocenters. The lowest BCUT2D eigenvalue weighted by Crippen LogP contribution is -2.50. The number of sulfonamides is 1. The van der Waals surface area contributed by atoms with Gasteiger partial charge in [-0.1, -0.05) is 0 Å². The molecular formula is C22H34N4O7S. The minimum Gasteiger partial charge on any atom is -0.476 e. The van der Waals surface area contributed by atoms with Crippen LogP contribution in [0.15, 0.2) is 17.0 Å². The van der Waals surface area contributed by atoms with E-state index >= 15 is 0 Å². The van der Waals surface area contributed by atoms with E-state index in [9.17, 15) is 13.2 Å². The Hall–Kier alpha value is -2.15. The molecule has 0 aliphatic carbocycles. The Bertz CT molecular complexity index is 981. The van der Waals surface area contributed by atoms with Gasteiger partial charge in [0.15, 0.2) is 0 Å². The molecule has 0 aromatic carbocycles. The highest BCUT2D eigenvalue weighted by atomic mass is 32.2. The van der Waals surface area contributed by atoms with E-state index in [1.54, 1.807) is 11.0 Å². The lowest BCUT2D eigenvalue weighted by Gasteiger charge is -2.35. The van der Waals surface area contributed by atoms with Gasteiger partial charge in [0.25, 0.3) is 0 Å². The summed E-state index contributed by atoms with van der Waals surface area (Å²) in [6, 6.07) is 3.02. The van der Waals surface area contributed by atoms with E-state index in [0.717, 1.165) is 13.1 Å². The molecule has 12 heteroatoms. The summed E-state index contributed by atoms with van der Waals surface area (Å²) in [4.78, 5) is 20.5. The van der Waals surface area contributed by atoms with Gasteiger partial charge in [-0.25, -0.2) is 17.9 Å². The van der Waals surface area contributed by atoms with Gasteiger partial charge in [0.05, 0.1) is 19.8 Å². The van der Waals surface area contributed by atoms with Crippen LogP contribution in [-0.4, -0.2) is 99.6 Å². The van der Waals surface area contributed by atoms with Gasteiger partial charge in [-0.2, -0.15) is 4.98 Å². The fourth-order valence-electron chi connectivity index (χ4n) is 4.10. The molecule has 11 nitrogen and oxygen atoms in total. The minimum absolute atomic E-state index is 0.0153. The predicted molar refractivity (Wildman–Crippen MR) is 123 cm³/mol. The Morgan fingerprint density at radius 1 is 1.18 bits per heavy atom. The monoisotopic (exact) mass is 498 g/mol. The number of pyridine rings is 1. The summed E-state index contributed by atoms with van der Waals surface area (Å²) in [5, 5.41) is 0. The van der Waals surface area contributed by atoms with Crippen LogP contribution >= 0.6 is 0 Å². The first-order valence-electron chi connectivity index (χ1n) is 11.7. The third-order valence-electron chi connectivity index (χ3n) is 6.07. The van der Waals surface area contributed by atoms with Crippen molar-refractivity contribution in [1.82, 2.24) is 19.5 Å². The molecule has 0 radical (unpaired) electrons. The lowest BCUT2D eigenvalue weighted by molar-refractivity contribution is -0.0445. The zero-order valence-electron chi connectivity index (χ0n) is 20.0. The average Bonchev–Trinajstić information content (AvgIpc) is 2.87. The van der Waals surface area contributed by atoms with E-state index in [2.05, 4.69) is 14.6 Å². The molecule has 2 saturated heterocycles. The summed E-state index contributed by atoms with van der Waals surface area (Å²) in [6.45, 7) is 10.4. The molecule has 1 aromatic rings. The lowest BCUT2D eigenvalue weighted by atomic mass is 9.94. The van der Waals surface area contributed by atoms with Crippen LogP contribution in [0.3, 0.4) is 0 Å². The van der Waals surface area contributed by atoms with Crippen LogP contribution in [0.4, 0.5) is 4.79 Å². The van der Waals surface area contributed by atoms with Gasteiger partial charge in [0, 0.05) is 51.6 Å². The molecule has 1 aromatic heterocycles. The highest BCUT2D eigenvalue weighted by Crippen LogP contribution is 2.34. The molecule has 3 aliphatic heterocycles. The molecule has 1 amide bonds. The third kappa shape index (κ3) is 6.09. The number of nitrogens with zero attached hydrogens (tertiary/aromatic N) is 3. The molecule has 0 saturated carbocycles. The van der Waals surface area contributed by atoms with Gasteiger partial charge in [0.2, 0.25) is 21.8 Å². The Kier molecular flexibility index (Phi) is 7.22. The van der Waals surface area contributed by atoms with Gasteiger partial charge in [-0.15, -0.1) is 0 Å². The van der Waals surface area contributed by atoms with Crippen molar-refractivity contribution in [3.05, 3.63) is 12.1 Å². The maximum absolute atomic E-state index is 12.7. The van der Waals surface area contributed by atoms with Crippen LogP contribution in [-0.2, 0) is 19.5 Å². The van der Waals surface area contributed by atoms with Gasteiger partial charge < -0.3 is 23.8 Å². The highest BCUT2D eigenvalue weighted by molar-refractivity contribution is 7.89. The molecule has 190 valence electrons. The maximum atomic E-state index is 12.7. The van der Waals surface area contributed by atoms with Crippen LogP contribution in [0.1, 0.15) is 33.6 Å². The Morgan fingerprint density at radius 2 is 1.88 bits per heavy atom. The van der Waals surface area contributed by atoms with Crippen molar-refractivity contribution in [2.24, 2.45) is 0 Å². The van der Waals surface area contributed by atoms with Crippen LogP contribution in [0, 0.1) is 0 Å². The largest absolute Gasteiger partial charge is 0.476 e. The number of rotatable bonds is 4. The standard InChI is InChI=1S/C22H34N4O7S/c1-21(2,3)33-20(27)26-10-8-25(9-11-26)12-15-31-18-5-4-17-19(24-18)32-22(6-13-30-14-7-22)16-23-34(17,28)29/h4-5,23H,6-16H2,1-3H3. The molecule has 1 N–H and O–H groups in total. The fourth-order valence-corrected chi connectivity index (χ4v) is 5.27. The number of amides is 1. The number of nitrogens with one attached hydrogen (secondary N) is 1. The van der Waals surface area contributed by atoms with Crippen molar-refractivity contribution in [3.8, 4) is 11.8 Å². The zero-order valence-corrected chi connectivity index (χ0v) is 20.9. The van der Waals surface area contributed by atoms with E-state index in [-0.39, 0.29) is 23.4 Å². The number of fused-ring (bicyclic) bond motifs is 1. The van der Waals surface area contributed by atoms with Crippen molar-refractivity contribution >= 4 is 16.1 Å². The van der Waals surface area contributed by atoms with Crippen LogP contribution in [0.2, 0.25) is 0 Å². The second-order valence-corrected chi connectivity index (χ2v) is 11.6. The number of hydrogen-bond donors (Lipinski definition) is 1. The Balaban J connectivity index is 1.31. The summed E-state index contributed by atoms with van der Waals surface area (Å²) in [5.74, 6) is 0.376. The summed E-state index contributed by atoms with van der Waals surface area (Å²) in [5.41, 5.74) is -1.18. The first kappa shape index (κ1) is 25.0. The topological polar surface area (TPSA) is 120 Å². The van der Waals surface area contributed by atoms with Gasteiger partial charge >= 0.3 is 6.09 Å². The molecule has 0 bridgehead atoms. The second-order valence-electron chi connectivity index (χ2n) is 9.83. The van der Waals surface area contributed by atoms with Crippen molar-refractivity contribution < 1.29 is 32.2 Å². The summed E-state index contributed by atoms with van der Waals surface area (Å²) in [6.07, 6.45) is 0.873. The van der Waals surface area contributed by atoms with E-state index < -0.39 is 21.2 Å². The van der Waals surface area contributed by atoms with Crippen LogP contribution in [0.25, 0.3) is 0 Å². The predicted octanol–water partition coefficient (Wildman–Crippen LogP) is 1.23. The van der Waals surface area contributed by atoms with Gasteiger partial charge in [-0.05, 0) is 26.8 Å². The molecule has 2 fully saturated rings. The van der Waals surface area contributed by atoms with E-state index in [4.69, 9.17) is 18.9 Å². The normalized spacial score (nSPS) is 22.4. The summed E-state index contributed by atoms with van der Waals surface area (Å²) >= 11 is 0. The Labute approximate surface area is 200 Å². The smallest absolute Gasteiger partial charge is 0.410 e. The Morgan fingerprint density at radius 3 is 2.56 bits per heavy atom.